The molecule has 1 aromatic rings. The van der Waals surface area contributed by atoms with E-state index in [-0.39, 0.29) is 58.6 Å². The van der Waals surface area contributed by atoms with Crippen molar-refractivity contribution < 1.29 is 65.4 Å². The van der Waals surface area contributed by atoms with Crippen LogP contribution in [0.15, 0.2) is 30.3 Å². The minimum atomic E-state index is -3.43. The fourth-order valence-corrected chi connectivity index (χ4v) is 2.77. The van der Waals surface area contributed by atoms with Crippen LogP contribution in [0, 0.1) is 0 Å². The molecule has 0 aliphatic heterocycles. The van der Waals surface area contributed by atoms with Crippen LogP contribution in [0.3, 0.4) is 0 Å². The second-order valence-electron chi connectivity index (χ2n) is 4.43. The summed E-state index contributed by atoms with van der Waals surface area (Å²) in [5.41, 5.74) is 0. The molecule has 0 unspecified atom stereocenters. The first kappa shape index (κ1) is 19.6. The summed E-state index contributed by atoms with van der Waals surface area (Å²) in [7, 11) is -3.43. The van der Waals surface area contributed by atoms with Crippen molar-refractivity contribution in [3.05, 3.63) is 30.3 Å². The van der Waals surface area contributed by atoms with E-state index < -0.39 is 10.1 Å². The maximum atomic E-state index is 11.7. The van der Waals surface area contributed by atoms with Crippen LogP contribution in [-0.2, 0) is 10.1 Å². The molecule has 0 heterocycles. The fourth-order valence-electron chi connectivity index (χ4n) is 1.72. The van der Waals surface area contributed by atoms with Crippen LogP contribution >= 0.6 is 0 Å². The molecule has 0 amide bonds. The van der Waals surface area contributed by atoms with Crippen molar-refractivity contribution in [1.29, 1.82) is 0 Å². The molecule has 0 bridgehead atoms. The maximum absolute atomic E-state index is 11.7. The SMILES string of the molecule is CCCCCCCCS(=O)(=O)Oc1ccccc1.[H-].[K+]. The molecule has 19 heavy (non-hydrogen) atoms. The average Bonchev–Trinajstić information content (AvgIpc) is 2.34. The van der Waals surface area contributed by atoms with Crippen molar-refractivity contribution in [3.8, 4) is 5.75 Å². The van der Waals surface area contributed by atoms with Crippen LogP contribution < -0.4 is 55.6 Å². The number of hydrogen-bond donors (Lipinski definition) is 0. The first-order valence-electron chi connectivity index (χ1n) is 6.61. The molecule has 0 aliphatic rings. The summed E-state index contributed by atoms with van der Waals surface area (Å²) in [6.07, 6.45) is 6.36. The van der Waals surface area contributed by atoms with Gasteiger partial charge in [0.15, 0.2) is 0 Å². The van der Waals surface area contributed by atoms with Crippen LogP contribution in [0.1, 0.15) is 46.9 Å². The summed E-state index contributed by atoms with van der Waals surface area (Å²) >= 11 is 0. The smallest absolute Gasteiger partial charge is 1.00 e. The molecule has 0 radical (unpaired) electrons. The van der Waals surface area contributed by atoms with Crippen LogP contribution in [0.4, 0.5) is 0 Å². The van der Waals surface area contributed by atoms with E-state index in [1.165, 1.54) is 19.3 Å². The van der Waals surface area contributed by atoms with E-state index in [1.54, 1.807) is 24.3 Å². The van der Waals surface area contributed by atoms with E-state index in [4.69, 9.17) is 4.18 Å². The topological polar surface area (TPSA) is 43.4 Å². The Hall–Kier alpha value is 0.606. The monoisotopic (exact) mass is 310 g/mol. The average molecular weight is 310 g/mol. The molecule has 0 saturated carbocycles. The fraction of sp³-hybridized carbons (Fsp3) is 0.571. The molecular weight excluding hydrogens is 287 g/mol. The Morgan fingerprint density at radius 3 is 2.21 bits per heavy atom. The van der Waals surface area contributed by atoms with E-state index in [0.717, 1.165) is 12.8 Å². The van der Waals surface area contributed by atoms with Gasteiger partial charge in [0.05, 0.1) is 5.75 Å². The van der Waals surface area contributed by atoms with Crippen molar-refractivity contribution in [3.63, 3.8) is 0 Å². The Bertz CT molecular complexity index is 423. The Morgan fingerprint density at radius 2 is 1.58 bits per heavy atom. The summed E-state index contributed by atoms with van der Waals surface area (Å²) in [4.78, 5) is 0. The normalized spacial score (nSPS) is 10.8. The van der Waals surface area contributed by atoms with Crippen LogP contribution in [0.25, 0.3) is 0 Å². The van der Waals surface area contributed by atoms with Crippen LogP contribution in [-0.4, -0.2) is 14.2 Å². The van der Waals surface area contributed by atoms with Gasteiger partial charge < -0.3 is 5.61 Å². The zero-order valence-corrected chi connectivity index (χ0v) is 15.9. The van der Waals surface area contributed by atoms with Gasteiger partial charge in [-0.1, -0.05) is 57.2 Å². The Kier molecular flexibility index (Phi) is 11.6. The molecule has 104 valence electrons. The number of unbranched alkanes of at least 4 members (excludes halogenated alkanes) is 5. The third-order valence-corrected chi connectivity index (χ3v) is 3.95. The standard InChI is InChI=1S/C14H22O3S.K.H/c1-2-3-4-5-6-10-13-18(15,16)17-14-11-8-7-9-12-14;;/h7-9,11-12H,2-6,10,13H2,1H3;;/q;+1;-1. The Morgan fingerprint density at radius 1 is 1.00 bits per heavy atom. The van der Waals surface area contributed by atoms with Crippen LogP contribution in [0.5, 0.6) is 5.75 Å². The van der Waals surface area contributed by atoms with Gasteiger partial charge in [0, 0.05) is 0 Å². The van der Waals surface area contributed by atoms with E-state index in [1.807, 2.05) is 6.07 Å². The number of para-hydroxylation sites is 1. The van der Waals surface area contributed by atoms with Gasteiger partial charge in [0.25, 0.3) is 0 Å². The summed E-state index contributed by atoms with van der Waals surface area (Å²) in [5.74, 6) is 0.497. The van der Waals surface area contributed by atoms with Gasteiger partial charge >= 0.3 is 61.5 Å². The number of rotatable bonds is 9. The second-order valence-corrected chi connectivity index (χ2v) is 6.12. The molecule has 0 N–H and O–H groups in total. The van der Waals surface area contributed by atoms with Gasteiger partial charge in [-0.2, -0.15) is 8.42 Å². The first-order valence-corrected chi connectivity index (χ1v) is 8.19. The predicted molar refractivity (Wildman–Crippen MR) is 75.3 cm³/mol. The third kappa shape index (κ3) is 10.0. The molecule has 0 spiro atoms. The first-order chi connectivity index (χ1) is 8.64. The molecule has 1 rings (SSSR count). The van der Waals surface area contributed by atoms with Gasteiger partial charge in [-0.25, -0.2) is 0 Å². The van der Waals surface area contributed by atoms with Crippen molar-refractivity contribution in [2.45, 2.75) is 45.4 Å². The summed E-state index contributed by atoms with van der Waals surface area (Å²) in [5, 5.41) is 0. The van der Waals surface area contributed by atoms with Gasteiger partial charge in [-0.15, -0.1) is 0 Å². The van der Waals surface area contributed by atoms with E-state index in [9.17, 15) is 8.42 Å². The summed E-state index contributed by atoms with van der Waals surface area (Å²) in [6.45, 7) is 2.16. The molecule has 1 aromatic carbocycles. The zero-order valence-electron chi connectivity index (χ0n) is 13.0. The molecule has 0 fully saturated rings. The molecule has 3 nitrogen and oxygen atoms in total. The molecule has 0 saturated heterocycles. The summed E-state index contributed by atoms with van der Waals surface area (Å²) in [6, 6.07) is 8.65. The molecule has 5 heteroatoms. The van der Waals surface area contributed by atoms with E-state index >= 15 is 0 Å². The largest absolute Gasteiger partial charge is 1.00 e. The predicted octanol–water partition coefficient (Wildman–Crippen LogP) is 0.872. The van der Waals surface area contributed by atoms with E-state index in [2.05, 4.69) is 6.92 Å². The van der Waals surface area contributed by atoms with Crippen molar-refractivity contribution in [2.24, 2.45) is 0 Å². The quantitative estimate of drug-likeness (QED) is 0.386. The van der Waals surface area contributed by atoms with E-state index in [0.29, 0.717) is 12.2 Å². The molecule has 0 atom stereocenters. The number of benzene rings is 1. The zero-order chi connectivity index (χ0) is 13.3. The maximum Gasteiger partial charge on any atom is 1.00 e. The van der Waals surface area contributed by atoms with Gasteiger partial charge in [0.2, 0.25) is 0 Å². The Balaban J connectivity index is 0. The minimum absolute atomic E-state index is 0. The second kappa shape index (κ2) is 11.3. The number of hydrogen-bond acceptors (Lipinski definition) is 3. The Labute approximate surface area is 161 Å². The summed E-state index contributed by atoms with van der Waals surface area (Å²) < 4.78 is 28.3. The van der Waals surface area contributed by atoms with Gasteiger partial charge in [-0.05, 0) is 18.6 Å². The van der Waals surface area contributed by atoms with Crippen molar-refractivity contribution >= 4 is 10.1 Å². The molecular formula is C14H23KO3S. The third-order valence-electron chi connectivity index (χ3n) is 2.71. The molecule has 0 aliphatic carbocycles. The minimum Gasteiger partial charge on any atom is -1.00 e. The van der Waals surface area contributed by atoms with Gasteiger partial charge in [0.1, 0.15) is 5.75 Å². The van der Waals surface area contributed by atoms with Crippen LogP contribution in [0.2, 0.25) is 0 Å². The molecule has 0 aromatic heterocycles. The van der Waals surface area contributed by atoms with Crippen molar-refractivity contribution in [1.82, 2.24) is 0 Å². The van der Waals surface area contributed by atoms with Crippen molar-refractivity contribution in [2.75, 3.05) is 5.75 Å². The van der Waals surface area contributed by atoms with Gasteiger partial charge in [-0.3, -0.25) is 0 Å².